The minimum atomic E-state index is -0.986. The summed E-state index contributed by atoms with van der Waals surface area (Å²) in [5.74, 6) is -2.13. The van der Waals surface area contributed by atoms with Crippen LogP contribution in [0.25, 0.3) is 0 Å². The Balaban J connectivity index is 1.55. The molecule has 1 aliphatic heterocycles. The van der Waals surface area contributed by atoms with E-state index in [1.165, 1.54) is 0 Å². The van der Waals surface area contributed by atoms with Gasteiger partial charge in [-0.1, -0.05) is 74.1 Å². The second-order valence-corrected chi connectivity index (χ2v) is 16.7. The minimum Gasteiger partial charge on any atom is -0.447 e. The summed E-state index contributed by atoms with van der Waals surface area (Å²) in [7, 11) is 0. The van der Waals surface area contributed by atoms with E-state index in [0.717, 1.165) is 44.9 Å². The second-order valence-electron chi connectivity index (χ2n) is 16.7. The molecule has 0 aromatic carbocycles. The molecule has 6 atom stereocenters. The third kappa shape index (κ3) is 9.05. The third-order valence-corrected chi connectivity index (χ3v) is 11.4. The Morgan fingerprint density at radius 3 is 2.14 bits per heavy atom. The summed E-state index contributed by atoms with van der Waals surface area (Å²) in [4.78, 5) is 82.0. The highest BCUT2D eigenvalue weighted by molar-refractivity contribution is 6.38. The maximum absolute atomic E-state index is 14.7. The van der Waals surface area contributed by atoms with E-state index in [0.29, 0.717) is 25.9 Å². The number of rotatable bonds is 14. The van der Waals surface area contributed by atoms with Gasteiger partial charge in [-0.3, -0.25) is 19.2 Å². The molecule has 0 bridgehead atoms. The number of Topliss-reactive ketones (excluding diaryl/α,β-unsaturated/α-hetero) is 1. The molecule has 6 amide bonds. The SMILES string of the molecule is CCCC(NC(=O)[C@@H]1[C@@H]2[C@H](CN1C(=O)[C@@H](NC(=O)N[C@H](COC(=O)NCC)C(C)(C)C)C1(C)CCCCC1)C2(C)C)C(=O)C(=O)NC1CC1. The van der Waals surface area contributed by atoms with Crippen LogP contribution >= 0.6 is 0 Å². The third-order valence-electron chi connectivity index (χ3n) is 11.4. The predicted molar refractivity (Wildman–Crippen MR) is 184 cm³/mol. The average molecular weight is 689 g/mol. The highest BCUT2D eigenvalue weighted by Crippen LogP contribution is 2.65. The molecule has 1 heterocycles. The van der Waals surface area contributed by atoms with Crippen molar-refractivity contribution in [3.05, 3.63) is 0 Å². The predicted octanol–water partition coefficient (Wildman–Crippen LogP) is 3.40. The van der Waals surface area contributed by atoms with Crippen LogP contribution in [-0.2, 0) is 23.9 Å². The first kappa shape index (κ1) is 38.4. The topological polar surface area (TPSA) is 175 Å². The normalized spacial score (nSPS) is 25.5. The van der Waals surface area contributed by atoms with Crippen molar-refractivity contribution in [2.24, 2.45) is 28.1 Å². The number of fused-ring (bicyclic) bond motifs is 1. The zero-order valence-corrected chi connectivity index (χ0v) is 30.8. The zero-order chi connectivity index (χ0) is 36.3. The number of urea groups is 1. The van der Waals surface area contributed by atoms with Crippen molar-refractivity contribution in [3.63, 3.8) is 0 Å². The van der Waals surface area contributed by atoms with Crippen LogP contribution in [0.1, 0.15) is 113 Å². The molecule has 5 N–H and O–H groups in total. The van der Waals surface area contributed by atoms with Gasteiger partial charge in [0.25, 0.3) is 5.91 Å². The summed E-state index contributed by atoms with van der Waals surface area (Å²) in [5, 5.41) is 14.1. The van der Waals surface area contributed by atoms with E-state index in [9.17, 15) is 28.8 Å². The summed E-state index contributed by atoms with van der Waals surface area (Å²) in [6, 6.07) is -3.82. The highest BCUT2D eigenvalue weighted by atomic mass is 16.5. The quantitative estimate of drug-likeness (QED) is 0.174. The molecule has 13 nitrogen and oxygen atoms in total. The number of nitrogens with zero attached hydrogens (tertiary/aromatic N) is 1. The van der Waals surface area contributed by atoms with Crippen molar-refractivity contribution in [2.75, 3.05) is 19.7 Å². The maximum atomic E-state index is 14.7. The Bertz CT molecular complexity index is 1270. The molecule has 3 saturated carbocycles. The average Bonchev–Trinajstić information content (AvgIpc) is 3.88. The first-order chi connectivity index (χ1) is 22.9. The van der Waals surface area contributed by atoms with Gasteiger partial charge in [-0.25, -0.2) is 9.59 Å². The van der Waals surface area contributed by atoms with E-state index in [2.05, 4.69) is 40.4 Å². The number of hydrogen-bond donors (Lipinski definition) is 5. The van der Waals surface area contributed by atoms with Crippen molar-refractivity contribution < 1.29 is 33.5 Å². The minimum absolute atomic E-state index is 0.0138. The Hall–Kier alpha value is -3.38. The molecule has 276 valence electrons. The number of amides is 6. The Labute approximate surface area is 291 Å². The summed E-state index contributed by atoms with van der Waals surface area (Å²) in [5.41, 5.74) is -1.19. The van der Waals surface area contributed by atoms with Gasteiger partial charge in [0.2, 0.25) is 17.6 Å². The Morgan fingerprint density at radius 2 is 1.57 bits per heavy atom. The van der Waals surface area contributed by atoms with Gasteiger partial charge < -0.3 is 36.2 Å². The smallest absolute Gasteiger partial charge is 0.407 e. The standard InChI is InChI=1S/C36H60N6O7/c1-9-14-23(27(43)30(45)38-21-15-16-21)39-29(44)26-25-22(35(25,6)7)19-42(26)31(46)28(36(8)17-12-11-13-18-36)41-32(47)40-24(34(3,4)5)20-49-33(48)37-10-2/h21-26,28H,9-20H2,1-8H3,(H,37,48)(H,38,45)(H,39,44)(H2,40,41,47)/t22-,23?,24+,25-,26-,28+/m0/s1. The monoisotopic (exact) mass is 688 g/mol. The van der Waals surface area contributed by atoms with Crippen LogP contribution in [0, 0.1) is 28.1 Å². The molecule has 49 heavy (non-hydrogen) atoms. The molecule has 1 unspecified atom stereocenters. The van der Waals surface area contributed by atoms with Crippen LogP contribution in [0.5, 0.6) is 0 Å². The van der Waals surface area contributed by atoms with Gasteiger partial charge in [-0.15, -0.1) is 0 Å². The van der Waals surface area contributed by atoms with Gasteiger partial charge >= 0.3 is 12.1 Å². The van der Waals surface area contributed by atoms with Crippen molar-refractivity contribution in [1.29, 1.82) is 0 Å². The number of alkyl carbamates (subject to hydrolysis) is 1. The fourth-order valence-corrected chi connectivity index (χ4v) is 7.81. The van der Waals surface area contributed by atoms with Crippen molar-refractivity contribution >= 4 is 35.6 Å². The highest BCUT2D eigenvalue weighted by Gasteiger charge is 2.70. The van der Waals surface area contributed by atoms with E-state index in [1.807, 2.05) is 34.6 Å². The van der Waals surface area contributed by atoms with Crippen molar-refractivity contribution in [3.8, 4) is 0 Å². The van der Waals surface area contributed by atoms with Crippen LogP contribution in [-0.4, -0.2) is 90.4 Å². The molecular formula is C36H60N6O7. The lowest BCUT2D eigenvalue weighted by Gasteiger charge is -2.43. The molecule has 4 aliphatic rings. The summed E-state index contributed by atoms with van der Waals surface area (Å²) in [6.45, 7) is 16.4. The van der Waals surface area contributed by atoms with Gasteiger partial charge in [-0.2, -0.15) is 0 Å². The molecule has 4 rings (SSSR count). The Morgan fingerprint density at radius 1 is 0.918 bits per heavy atom. The summed E-state index contributed by atoms with van der Waals surface area (Å²) >= 11 is 0. The van der Waals surface area contributed by atoms with Gasteiger partial charge in [0.05, 0.1) is 12.1 Å². The zero-order valence-electron chi connectivity index (χ0n) is 30.8. The number of piperidine rings is 1. The molecule has 1 saturated heterocycles. The number of likely N-dealkylation sites (tertiary alicyclic amines) is 1. The number of nitrogens with one attached hydrogen (secondary N) is 5. The van der Waals surface area contributed by atoms with E-state index < -0.39 is 64.7 Å². The van der Waals surface area contributed by atoms with E-state index >= 15 is 0 Å². The molecular weight excluding hydrogens is 628 g/mol. The van der Waals surface area contributed by atoms with E-state index in [1.54, 1.807) is 11.8 Å². The van der Waals surface area contributed by atoms with Crippen LogP contribution in [0.15, 0.2) is 0 Å². The van der Waals surface area contributed by atoms with Gasteiger partial charge in [0, 0.05) is 19.1 Å². The first-order valence-corrected chi connectivity index (χ1v) is 18.4. The second kappa shape index (κ2) is 15.2. The van der Waals surface area contributed by atoms with Crippen LogP contribution in [0.4, 0.5) is 9.59 Å². The molecule has 3 aliphatic carbocycles. The number of carbonyl (C=O) groups excluding carboxylic acids is 6. The molecule has 13 heteroatoms. The van der Waals surface area contributed by atoms with Crippen LogP contribution < -0.4 is 26.6 Å². The largest absolute Gasteiger partial charge is 0.447 e. The van der Waals surface area contributed by atoms with Gasteiger partial charge in [-0.05, 0) is 67.1 Å². The molecule has 0 radical (unpaired) electrons. The molecule has 0 aromatic rings. The van der Waals surface area contributed by atoms with Crippen LogP contribution in [0.2, 0.25) is 0 Å². The van der Waals surface area contributed by atoms with Crippen LogP contribution in [0.3, 0.4) is 0 Å². The molecule has 4 fully saturated rings. The summed E-state index contributed by atoms with van der Waals surface area (Å²) < 4.78 is 5.36. The van der Waals surface area contributed by atoms with Gasteiger partial charge in [0.15, 0.2) is 0 Å². The van der Waals surface area contributed by atoms with E-state index in [4.69, 9.17) is 4.74 Å². The fourth-order valence-electron chi connectivity index (χ4n) is 7.81. The number of ether oxygens (including phenoxy) is 1. The number of carbonyl (C=O) groups is 6. The Kier molecular flexibility index (Phi) is 12.0. The van der Waals surface area contributed by atoms with E-state index in [-0.39, 0.29) is 35.8 Å². The molecule has 0 spiro atoms. The maximum Gasteiger partial charge on any atom is 0.407 e. The van der Waals surface area contributed by atoms with Gasteiger partial charge in [0.1, 0.15) is 18.7 Å². The lowest BCUT2D eigenvalue weighted by atomic mass is 9.70. The van der Waals surface area contributed by atoms with Crippen molar-refractivity contribution in [1.82, 2.24) is 31.5 Å². The lowest BCUT2D eigenvalue weighted by Crippen LogP contribution is -2.63. The number of hydrogen-bond acceptors (Lipinski definition) is 7. The summed E-state index contributed by atoms with van der Waals surface area (Å²) in [6.07, 6.45) is 6.35. The lowest BCUT2D eigenvalue weighted by molar-refractivity contribution is -0.146. The molecule has 0 aromatic heterocycles. The first-order valence-electron chi connectivity index (χ1n) is 18.4. The van der Waals surface area contributed by atoms with Crippen molar-refractivity contribution in [2.45, 2.75) is 143 Å². The number of ketones is 1. The fraction of sp³-hybridized carbons (Fsp3) is 0.833.